The molecule has 5 heteroatoms. The number of carbonyl (C=O) groups is 1. The van der Waals surface area contributed by atoms with Crippen LogP contribution in [0.3, 0.4) is 0 Å². The lowest BCUT2D eigenvalue weighted by molar-refractivity contribution is 0.102. The van der Waals surface area contributed by atoms with Crippen molar-refractivity contribution in [3.05, 3.63) is 78.0 Å². The maximum Gasteiger partial charge on any atom is 0.255 e. The number of aromatic nitrogens is 1. The van der Waals surface area contributed by atoms with Crippen LogP contribution in [0.15, 0.2) is 66.9 Å². The van der Waals surface area contributed by atoms with Crippen LogP contribution in [0.4, 0.5) is 17.2 Å². The maximum atomic E-state index is 12.8. The van der Waals surface area contributed by atoms with Crippen LogP contribution in [0.25, 0.3) is 0 Å². The summed E-state index contributed by atoms with van der Waals surface area (Å²) in [5, 5.41) is 2.95. The second-order valence-electron chi connectivity index (χ2n) is 6.67. The van der Waals surface area contributed by atoms with Gasteiger partial charge in [-0.15, -0.1) is 0 Å². The number of ether oxygens (including phenoxy) is 1. The lowest BCUT2D eigenvalue weighted by Crippen LogP contribution is -2.25. The van der Waals surface area contributed by atoms with Crippen LogP contribution < -0.4 is 15.0 Å². The van der Waals surface area contributed by atoms with E-state index < -0.39 is 0 Å². The molecule has 0 saturated carbocycles. The summed E-state index contributed by atoms with van der Waals surface area (Å²) in [5.41, 5.74) is 3.71. The van der Waals surface area contributed by atoms with E-state index in [9.17, 15) is 4.79 Å². The third-order valence-electron chi connectivity index (χ3n) is 4.83. The van der Waals surface area contributed by atoms with Crippen LogP contribution in [-0.4, -0.2) is 24.0 Å². The number of anilines is 3. The molecule has 142 valence electrons. The van der Waals surface area contributed by atoms with Crippen molar-refractivity contribution in [2.24, 2.45) is 0 Å². The van der Waals surface area contributed by atoms with E-state index in [4.69, 9.17) is 4.74 Å². The van der Waals surface area contributed by atoms with Crippen molar-refractivity contribution in [3.63, 3.8) is 0 Å². The Kier molecular flexibility index (Phi) is 5.24. The van der Waals surface area contributed by atoms with Crippen LogP contribution in [0.1, 0.15) is 29.3 Å². The van der Waals surface area contributed by atoms with Gasteiger partial charge in [-0.25, -0.2) is 4.98 Å². The Morgan fingerprint density at radius 2 is 1.96 bits per heavy atom. The van der Waals surface area contributed by atoms with Crippen molar-refractivity contribution in [2.75, 3.05) is 23.4 Å². The molecule has 5 nitrogen and oxygen atoms in total. The highest BCUT2D eigenvalue weighted by Crippen LogP contribution is 2.32. The van der Waals surface area contributed by atoms with E-state index in [1.807, 2.05) is 43.3 Å². The lowest BCUT2D eigenvalue weighted by Gasteiger charge is -2.30. The summed E-state index contributed by atoms with van der Waals surface area (Å²) in [7, 11) is 0. The Balaban J connectivity index is 1.59. The number of hydrogen-bond donors (Lipinski definition) is 1. The van der Waals surface area contributed by atoms with Gasteiger partial charge < -0.3 is 15.0 Å². The molecule has 2 heterocycles. The van der Waals surface area contributed by atoms with Crippen molar-refractivity contribution in [2.45, 2.75) is 19.8 Å². The molecule has 1 amide bonds. The predicted molar refractivity (Wildman–Crippen MR) is 112 cm³/mol. The number of fused-ring (bicyclic) bond motifs is 1. The molecule has 0 atom stereocenters. The molecule has 1 N–H and O–H groups in total. The van der Waals surface area contributed by atoms with Gasteiger partial charge in [0.15, 0.2) is 0 Å². The van der Waals surface area contributed by atoms with Crippen LogP contribution in [0.5, 0.6) is 5.75 Å². The molecule has 0 bridgehead atoms. The number of nitrogens with zero attached hydrogens (tertiary/aromatic N) is 2. The topological polar surface area (TPSA) is 54.5 Å². The molecule has 0 saturated heterocycles. The zero-order chi connectivity index (χ0) is 19.3. The van der Waals surface area contributed by atoms with Crippen molar-refractivity contribution >= 4 is 23.1 Å². The first-order valence-corrected chi connectivity index (χ1v) is 9.61. The number of pyridine rings is 1. The SMILES string of the molecule is CCOc1ccccc1NC(=O)c1ccnc(N2CCCc3ccccc32)c1. The highest BCUT2D eigenvalue weighted by molar-refractivity contribution is 6.05. The van der Waals surface area contributed by atoms with E-state index in [2.05, 4.69) is 33.4 Å². The molecule has 4 rings (SSSR count). The van der Waals surface area contributed by atoms with Crippen LogP contribution >= 0.6 is 0 Å². The Morgan fingerprint density at radius 3 is 2.86 bits per heavy atom. The van der Waals surface area contributed by atoms with E-state index in [0.29, 0.717) is 23.6 Å². The zero-order valence-corrected chi connectivity index (χ0v) is 15.9. The van der Waals surface area contributed by atoms with Crippen molar-refractivity contribution in [1.29, 1.82) is 0 Å². The number of amides is 1. The van der Waals surface area contributed by atoms with Crippen molar-refractivity contribution < 1.29 is 9.53 Å². The predicted octanol–water partition coefficient (Wildman–Crippen LogP) is 4.82. The number of aryl methyl sites for hydroxylation is 1. The first-order chi connectivity index (χ1) is 13.8. The van der Waals surface area contributed by atoms with Gasteiger partial charge in [-0.2, -0.15) is 0 Å². The Labute approximate surface area is 165 Å². The van der Waals surface area contributed by atoms with E-state index in [0.717, 1.165) is 25.2 Å². The minimum absolute atomic E-state index is 0.180. The fourth-order valence-electron chi connectivity index (χ4n) is 3.52. The summed E-state index contributed by atoms with van der Waals surface area (Å²) >= 11 is 0. The smallest absolute Gasteiger partial charge is 0.255 e. The zero-order valence-electron chi connectivity index (χ0n) is 15.9. The van der Waals surface area contributed by atoms with E-state index in [1.165, 1.54) is 11.3 Å². The minimum atomic E-state index is -0.180. The molecule has 2 aromatic carbocycles. The fraction of sp³-hybridized carbons (Fsp3) is 0.217. The van der Waals surface area contributed by atoms with Gasteiger partial charge in [-0.05, 0) is 55.7 Å². The quantitative estimate of drug-likeness (QED) is 0.697. The van der Waals surface area contributed by atoms with E-state index in [-0.39, 0.29) is 5.91 Å². The van der Waals surface area contributed by atoms with E-state index >= 15 is 0 Å². The molecule has 0 radical (unpaired) electrons. The molecule has 1 aromatic heterocycles. The van der Waals surface area contributed by atoms with Crippen LogP contribution in [-0.2, 0) is 6.42 Å². The van der Waals surface area contributed by atoms with Gasteiger partial charge in [0.25, 0.3) is 5.91 Å². The van der Waals surface area contributed by atoms with Gasteiger partial charge >= 0.3 is 0 Å². The summed E-state index contributed by atoms with van der Waals surface area (Å²) in [4.78, 5) is 19.5. The van der Waals surface area contributed by atoms with Gasteiger partial charge in [0.1, 0.15) is 11.6 Å². The van der Waals surface area contributed by atoms with Crippen LogP contribution in [0.2, 0.25) is 0 Å². The monoisotopic (exact) mass is 373 g/mol. The number of carbonyl (C=O) groups excluding carboxylic acids is 1. The van der Waals surface area contributed by atoms with Gasteiger partial charge in [0.2, 0.25) is 0 Å². The Hall–Kier alpha value is -3.34. The first-order valence-electron chi connectivity index (χ1n) is 9.61. The fourth-order valence-corrected chi connectivity index (χ4v) is 3.52. The molecule has 1 aliphatic rings. The number of benzene rings is 2. The third kappa shape index (κ3) is 3.69. The average Bonchev–Trinajstić information content (AvgIpc) is 2.75. The molecule has 0 spiro atoms. The lowest BCUT2D eigenvalue weighted by atomic mass is 10.0. The summed E-state index contributed by atoms with van der Waals surface area (Å²) in [5.74, 6) is 1.27. The first kappa shape index (κ1) is 18.0. The van der Waals surface area contributed by atoms with Gasteiger partial charge in [0.05, 0.1) is 12.3 Å². The Bertz CT molecular complexity index is 987. The number of para-hydroxylation sites is 3. The number of nitrogens with one attached hydrogen (secondary N) is 1. The van der Waals surface area contributed by atoms with Gasteiger partial charge in [-0.1, -0.05) is 30.3 Å². The molecule has 0 aliphatic carbocycles. The number of rotatable bonds is 5. The average molecular weight is 373 g/mol. The second-order valence-corrected chi connectivity index (χ2v) is 6.67. The normalized spacial score (nSPS) is 13.0. The van der Waals surface area contributed by atoms with E-state index in [1.54, 1.807) is 12.3 Å². The molecule has 0 fully saturated rings. The van der Waals surface area contributed by atoms with Crippen molar-refractivity contribution in [3.8, 4) is 5.75 Å². The maximum absolute atomic E-state index is 12.8. The van der Waals surface area contributed by atoms with Gasteiger partial charge in [-0.3, -0.25) is 4.79 Å². The highest BCUT2D eigenvalue weighted by Gasteiger charge is 2.20. The second kappa shape index (κ2) is 8.13. The standard InChI is InChI=1S/C23H23N3O2/c1-2-28-21-12-6-4-10-19(21)25-23(27)18-13-14-24-22(16-18)26-15-7-9-17-8-3-5-11-20(17)26/h3-6,8,10-14,16H,2,7,9,15H2,1H3,(H,25,27). The Morgan fingerprint density at radius 1 is 1.14 bits per heavy atom. The number of hydrogen-bond acceptors (Lipinski definition) is 4. The van der Waals surface area contributed by atoms with Crippen molar-refractivity contribution in [1.82, 2.24) is 4.98 Å². The van der Waals surface area contributed by atoms with Gasteiger partial charge in [0, 0.05) is 24.0 Å². The van der Waals surface area contributed by atoms with Crippen LogP contribution in [0, 0.1) is 0 Å². The highest BCUT2D eigenvalue weighted by atomic mass is 16.5. The molecule has 3 aromatic rings. The third-order valence-corrected chi connectivity index (χ3v) is 4.83. The largest absolute Gasteiger partial charge is 0.492 e. The summed E-state index contributed by atoms with van der Waals surface area (Å²) < 4.78 is 5.60. The molecular weight excluding hydrogens is 350 g/mol. The minimum Gasteiger partial charge on any atom is -0.492 e. The summed E-state index contributed by atoms with van der Waals surface area (Å²) in [6.07, 6.45) is 3.83. The molecule has 1 aliphatic heterocycles. The summed E-state index contributed by atoms with van der Waals surface area (Å²) in [6, 6.07) is 19.4. The molecule has 28 heavy (non-hydrogen) atoms. The summed E-state index contributed by atoms with van der Waals surface area (Å²) in [6.45, 7) is 3.35. The molecular formula is C23H23N3O2. The molecule has 0 unspecified atom stereocenters.